The molecule has 0 unspecified atom stereocenters. The van der Waals surface area contributed by atoms with Crippen LogP contribution < -0.4 is 0 Å². The van der Waals surface area contributed by atoms with Crippen molar-refractivity contribution in [3.05, 3.63) is 52.0 Å². The number of likely N-dealkylation sites (tertiary alicyclic amines) is 1. The maximum absolute atomic E-state index is 12.4. The van der Waals surface area contributed by atoms with E-state index >= 15 is 0 Å². The molecule has 1 fully saturated rings. The lowest BCUT2D eigenvalue weighted by Crippen LogP contribution is -2.37. The average molecular weight is 316 g/mol. The van der Waals surface area contributed by atoms with Gasteiger partial charge < -0.3 is 10.0 Å². The van der Waals surface area contributed by atoms with E-state index in [1.165, 1.54) is 23.9 Å². The van der Waals surface area contributed by atoms with E-state index < -0.39 is 5.97 Å². The zero-order chi connectivity index (χ0) is 15.5. The van der Waals surface area contributed by atoms with Gasteiger partial charge in [0, 0.05) is 19.3 Å². The molecular weight excluding hydrogens is 300 g/mol. The number of carbonyl (C=O) groups excluding carboxylic acids is 1. The lowest BCUT2D eigenvalue weighted by molar-refractivity contribution is 0.0682. The number of aromatic nitrogens is 1. The molecule has 1 saturated heterocycles. The number of carbonyl (C=O) groups is 2. The number of carboxylic acid groups (broad SMARTS) is 1. The van der Waals surface area contributed by atoms with Gasteiger partial charge in [0.15, 0.2) is 0 Å². The van der Waals surface area contributed by atoms with E-state index in [-0.39, 0.29) is 11.6 Å². The molecule has 3 rings (SSSR count). The van der Waals surface area contributed by atoms with Crippen LogP contribution >= 0.6 is 11.3 Å². The minimum atomic E-state index is -1.09. The average Bonchev–Trinajstić information content (AvgIpc) is 3.09. The standard InChI is InChI=1S/C16H16N2O3S/c19-15(12-1-2-14(16(20)21)17-9-12)18-6-3-11(4-7-18)13-5-8-22-10-13/h1-2,5,8-11H,3-4,6-7H2,(H,20,21). The molecule has 114 valence electrons. The Morgan fingerprint density at radius 1 is 1.23 bits per heavy atom. The number of amides is 1. The number of hydrogen-bond donors (Lipinski definition) is 1. The number of hydrogen-bond acceptors (Lipinski definition) is 4. The van der Waals surface area contributed by atoms with Crippen LogP contribution in [0.1, 0.15) is 45.2 Å². The topological polar surface area (TPSA) is 70.5 Å². The molecule has 0 atom stereocenters. The first-order valence-corrected chi connectivity index (χ1v) is 8.10. The van der Waals surface area contributed by atoms with Gasteiger partial charge in [-0.1, -0.05) is 0 Å². The van der Waals surface area contributed by atoms with Gasteiger partial charge in [0.1, 0.15) is 5.69 Å². The van der Waals surface area contributed by atoms with Crippen molar-refractivity contribution in [3.8, 4) is 0 Å². The van der Waals surface area contributed by atoms with Crippen LogP contribution in [0.5, 0.6) is 0 Å². The SMILES string of the molecule is O=C(O)c1ccc(C(=O)N2CCC(c3ccsc3)CC2)cn1. The molecule has 0 aromatic carbocycles. The first-order chi connectivity index (χ1) is 10.6. The molecule has 1 N–H and O–H groups in total. The smallest absolute Gasteiger partial charge is 0.354 e. The Labute approximate surface area is 132 Å². The maximum Gasteiger partial charge on any atom is 0.354 e. The van der Waals surface area contributed by atoms with Crippen molar-refractivity contribution < 1.29 is 14.7 Å². The van der Waals surface area contributed by atoms with Crippen molar-refractivity contribution in [1.82, 2.24) is 9.88 Å². The largest absolute Gasteiger partial charge is 0.477 e. The summed E-state index contributed by atoms with van der Waals surface area (Å²) < 4.78 is 0. The molecule has 22 heavy (non-hydrogen) atoms. The third-order valence-corrected chi connectivity index (χ3v) is 4.73. The first kappa shape index (κ1) is 14.7. The zero-order valence-corrected chi connectivity index (χ0v) is 12.8. The monoisotopic (exact) mass is 316 g/mol. The Hall–Kier alpha value is -2.21. The van der Waals surface area contributed by atoms with Crippen molar-refractivity contribution >= 4 is 23.2 Å². The minimum absolute atomic E-state index is 0.0484. The lowest BCUT2D eigenvalue weighted by atomic mass is 9.91. The van der Waals surface area contributed by atoms with Crippen molar-refractivity contribution in [2.45, 2.75) is 18.8 Å². The molecule has 1 amide bonds. The number of carboxylic acids is 1. The van der Waals surface area contributed by atoms with Gasteiger partial charge in [-0.05, 0) is 53.3 Å². The second-order valence-corrected chi connectivity index (χ2v) is 6.14. The summed E-state index contributed by atoms with van der Waals surface area (Å²) in [4.78, 5) is 28.8. The Morgan fingerprint density at radius 2 is 2.00 bits per heavy atom. The summed E-state index contributed by atoms with van der Waals surface area (Å²) in [5, 5.41) is 13.1. The van der Waals surface area contributed by atoms with Gasteiger partial charge in [-0.3, -0.25) is 4.79 Å². The molecule has 0 saturated carbocycles. The fourth-order valence-corrected chi connectivity index (χ4v) is 3.50. The van der Waals surface area contributed by atoms with Crippen LogP contribution in [0.2, 0.25) is 0 Å². The van der Waals surface area contributed by atoms with Gasteiger partial charge in [-0.15, -0.1) is 0 Å². The van der Waals surface area contributed by atoms with Crippen molar-refractivity contribution in [2.24, 2.45) is 0 Å². The van der Waals surface area contributed by atoms with Crippen molar-refractivity contribution in [2.75, 3.05) is 13.1 Å². The number of rotatable bonds is 3. The second-order valence-electron chi connectivity index (χ2n) is 5.36. The van der Waals surface area contributed by atoms with Gasteiger partial charge in [-0.25, -0.2) is 9.78 Å². The Kier molecular flexibility index (Phi) is 4.20. The summed E-state index contributed by atoms with van der Waals surface area (Å²) in [6.45, 7) is 1.44. The quantitative estimate of drug-likeness (QED) is 0.945. The van der Waals surface area contributed by atoms with E-state index in [9.17, 15) is 9.59 Å². The van der Waals surface area contributed by atoms with E-state index in [1.54, 1.807) is 11.3 Å². The molecule has 2 aromatic rings. The fourth-order valence-electron chi connectivity index (χ4n) is 2.75. The van der Waals surface area contributed by atoms with Gasteiger partial charge in [0.2, 0.25) is 0 Å². The molecule has 1 aliphatic rings. The maximum atomic E-state index is 12.4. The highest BCUT2D eigenvalue weighted by Crippen LogP contribution is 2.29. The van der Waals surface area contributed by atoms with Gasteiger partial charge >= 0.3 is 5.97 Å². The first-order valence-electron chi connectivity index (χ1n) is 7.16. The summed E-state index contributed by atoms with van der Waals surface area (Å²) in [7, 11) is 0. The summed E-state index contributed by atoms with van der Waals surface area (Å²) >= 11 is 1.70. The molecule has 0 bridgehead atoms. The van der Waals surface area contributed by atoms with Crippen LogP contribution in [0.3, 0.4) is 0 Å². The molecule has 1 aliphatic heterocycles. The van der Waals surface area contributed by atoms with Crippen molar-refractivity contribution in [1.29, 1.82) is 0 Å². The molecule has 0 spiro atoms. The zero-order valence-electron chi connectivity index (χ0n) is 11.9. The van der Waals surface area contributed by atoms with Gasteiger partial charge in [-0.2, -0.15) is 11.3 Å². The molecule has 5 nitrogen and oxygen atoms in total. The highest BCUT2D eigenvalue weighted by atomic mass is 32.1. The van der Waals surface area contributed by atoms with E-state index in [0.29, 0.717) is 11.5 Å². The Bertz CT molecular complexity index is 659. The summed E-state index contributed by atoms with van der Waals surface area (Å²) in [6.07, 6.45) is 3.27. The summed E-state index contributed by atoms with van der Waals surface area (Å²) in [5.74, 6) is -0.633. The van der Waals surface area contributed by atoms with Crippen LogP contribution in [0, 0.1) is 0 Å². The van der Waals surface area contributed by atoms with Crippen LogP contribution in [-0.4, -0.2) is 40.0 Å². The summed E-state index contributed by atoms with van der Waals surface area (Å²) in [6, 6.07) is 5.05. The Morgan fingerprint density at radius 3 is 2.55 bits per heavy atom. The third-order valence-electron chi connectivity index (χ3n) is 4.03. The fraction of sp³-hybridized carbons (Fsp3) is 0.312. The van der Waals surface area contributed by atoms with Crippen LogP contribution in [0.25, 0.3) is 0 Å². The highest BCUT2D eigenvalue weighted by Gasteiger charge is 2.25. The normalized spacial score (nSPS) is 15.7. The highest BCUT2D eigenvalue weighted by molar-refractivity contribution is 7.07. The predicted octanol–water partition coefficient (Wildman–Crippen LogP) is 2.86. The molecule has 3 heterocycles. The van der Waals surface area contributed by atoms with E-state index in [4.69, 9.17) is 5.11 Å². The lowest BCUT2D eigenvalue weighted by Gasteiger charge is -2.31. The third kappa shape index (κ3) is 3.01. The van der Waals surface area contributed by atoms with E-state index in [0.717, 1.165) is 25.9 Å². The van der Waals surface area contributed by atoms with Crippen molar-refractivity contribution in [3.63, 3.8) is 0 Å². The number of pyridine rings is 1. The summed E-state index contributed by atoms with van der Waals surface area (Å²) in [5.41, 5.74) is 1.76. The minimum Gasteiger partial charge on any atom is -0.477 e. The number of aromatic carboxylic acids is 1. The second kappa shape index (κ2) is 6.27. The van der Waals surface area contributed by atoms with Crippen LogP contribution in [0.4, 0.5) is 0 Å². The molecule has 0 radical (unpaired) electrons. The van der Waals surface area contributed by atoms with E-state index in [2.05, 4.69) is 21.8 Å². The van der Waals surface area contributed by atoms with Crippen LogP contribution in [0.15, 0.2) is 35.2 Å². The van der Waals surface area contributed by atoms with E-state index in [1.807, 2.05) is 4.90 Å². The van der Waals surface area contributed by atoms with Gasteiger partial charge in [0.05, 0.1) is 5.56 Å². The molecular formula is C16H16N2O3S. The Balaban J connectivity index is 1.63. The predicted molar refractivity (Wildman–Crippen MR) is 83.4 cm³/mol. The number of piperidine rings is 1. The van der Waals surface area contributed by atoms with Gasteiger partial charge in [0.25, 0.3) is 5.91 Å². The number of nitrogens with zero attached hydrogens (tertiary/aromatic N) is 2. The number of thiophene rings is 1. The van der Waals surface area contributed by atoms with Crippen LogP contribution in [-0.2, 0) is 0 Å². The molecule has 6 heteroatoms. The molecule has 0 aliphatic carbocycles. The molecule has 2 aromatic heterocycles.